The zero-order valence-corrected chi connectivity index (χ0v) is 16.3. The van der Waals surface area contributed by atoms with Gasteiger partial charge in [0.25, 0.3) is 0 Å². The lowest BCUT2D eigenvalue weighted by molar-refractivity contribution is -0.140. The summed E-state index contributed by atoms with van der Waals surface area (Å²) >= 11 is 0. The van der Waals surface area contributed by atoms with Gasteiger partial charge in [0.2, 0.25) is 5.91 Å². The summed E-state index contributed by atoms with van der Waals surface area (Å²) < 4.78 is 11.0. The normalized spacial score (nSPS) is 25.7. The third-order valence-corrected chi connectivity index (χ3v) is 5.87. The van der Waals surface area contributed by atoms with Crippen molar-refractivity contribution in [2.75, 3.05) is 19.6 Å². The molecule has 1 aromatic rings. The minimum absolute atomic E-state index is 0.0145. The Bertz CT molecular complexity index is 825. The number of aryl methyl sites for hydroxylation is 1. The number of fused-ring (bicyclic) bond motifs is 1. The Balaban J connectivity index is 1.39. The summed E-state index contributed by atoms with van der Waals surface area (Å²) in [7, 11) is 0. The van der Waals surface area contributed by atoms with Crippen LogP contribution in [0, 0.1) is 5.92 Å². The maximum absolute atomic E-state index is 12.4. The molecule has 2 fully saturated rings. The molecule has 0 bridgehead atoms. The van der Waals surface area contributed by atoms with Gasteiger partial charge in [0.1, 0.15) is 17.4 Å². The number of nitrogens with one attached hydrogen (secondary N) is 1. The molecule has 0 aliphatic carbocycles. The minimum atomic E-state index is -3.08. The van der Waals surface area contributed by atoms with Crippen LogP contribution in [0.25, 0.3) is 0 Å². The lowest BCUT2D eigenvalue weighted by Gasteiger charge is -2.40. The first-order chi connectivity index (χ1) is 13.7. The fourth-order valence-corrected chi connectivity index (χ4v) is 4.24. The Morgan fingerprint density at radius 2 is 2.10 bits per heavy atom. The monoisotopic (exact) mass is 405 g/mol. The van der Waals surface area contributed by atoms with Crippen LogP contribution in [0.3, 0.4) is 0 Å². The lowest BCUT2D eigenvalue weighted by atomic mass is 9.70. The molecule has 2 atom stereocenters. The Morgan fingerprint density at radius 1 is 1.34 bits per heavy atom. The van der Waals surface area contributed by atoms with Gasteiger partial charge in [-0.25, -0.2) is 4.79 Å². The molecule has 0 saturated carbocycles. The Morgan fingerprint density at radius 3 is 2.76 bits per heavy atom. The van der Waals surface area contributed by atoms with Crippen molar-refractivity contribution in [2.24, 2.45) is 5.92 Å². The molecule has 4 rings (SSSR count). The molecular formula is C19H26BN2O7-. The number of hydrogen-bond acceptors (Lipinski definition) is 7. The summed E-state index contributed by atoms with van der Waals surface area (Å²) in [4.78, 5) is 25.9. The van der Waals surface area contributed by atoms with Crippen LogP contribution in [0.2, 0.25) is 6.32 Å². The van der Waals surface area contributed by atoms with Gasteiger partial charge in [-0.3, -0.25) is 4.79 Å². The minimum Gasteiger partial charge on any atom is -0.669 e. The van der Waals surface area contributed by atoms with Gasteiger partial charge in [-0.1, -0.05) is 19.3 Å². The van der Waals surface area contributed by atoms with E-state index in [0.717, 1.165) is 13.0 Å². The molecule has 2 saturated heterocycles. The standard InChI is InChI=1S/C19H26BN2O7/c1-11-6-13(21-8-11)7-16(23)22-9-14(10-22)28-15-3-2-12-4-5-20(26,27)29-18(12)17(15)19(24)25/h2-3,11,13-14,21,26-27H,4-10H2,1H3,(H,24,25)/q-1/t11-,13-/m0/s1. The number of nitrogens with zero attached hydrogens (tertiary/aromatic N) is 1. The van der Waals surface area contributed by atoms with Gasteiger partial charge in [0.05, 0.1) is 18.8 Å². The van der Waals surface area contributed by atoms with Gasteiger partial charge in [-0.05, 0) is 36.9 Å². The van der Waals surface area contributed by atoms with E-state index in [9.17, 15) is 24.7 Å². The molecular weight excluding hydrogens is 379 g/mol. The highest BCUT2D eigenvalue weighted by molar-refractivity contribution is 6.59. The summed E-state index contributed by atoms with van der Waals surface area (Å²) in [6.07, 6.45) is 1.47. The van der Waals surface area contributed by atoms with E-state index in [-0.39, 0.29) is 41.4 Å². The number of amides is 1. The van der Waals surface area contributed by atoms with Gasteiger partial charge < -0.3 is 34.8 Å². The molecule has 158 valence electrons. The molecule has 0 spiro atoms. The van der Waals surface area contributed by atoms with Crippen LogP contribution in [-0.2, 0) is 11.2 Å². The Labute approximate surface area is 168 Å². The fourth-order valence-electron chi connectivity index (χ4n) is 4.24. The Kier molecular flexibility index (Phi) is 5.18. The number of carbonyl (C=O) groups is 2. The first kappa shape index (κ1) is 20.0. The number of carboxylic acids is 1. The maximum Gasteiger partial charge on any atom is 0.430 e. The number of rotatable bonds is 5. The highest BCUT2D eigenvalue weighted by Gasteiger charge is 2.37. The molecule has 1 aromatic carbocycles. The van der Waals surface area contributed by atoms with Gasteiger partial charge in [0, 0.05) is 12.5 Å². The number of benzene rings is 1. The average molecular weight is 405 g/mol. The van der Waals surface area contributed by atoms with Crippen molar-refractivity contribution >= 4 is 18.6 Å². The van der Waals surface area contributed by atoms with Crippen LogP contribution in [-0.4, -0.2) is 70.5 Å². The smallest absolute Gasteiger partial charge is 0.430 e. The van der Waals surface area contributed by atoms with Gasteiger partial charge >= 0.3 is 12.7 Å². The van der Waals surface area contributed by atoms with Crippen LogP contribution in [0.1, 0.15) is 35.7 Å². The number of hydrogen-bond donors (Lipinski definition) is 4. The molecule has 4 N–H and O–H groups in total. The SMILES string of the molecule is C[C@@H]1CN[C@H](CC(=O)N2CC(Oc3ccc4c(c3C(=O)O)O[B-](O)(O)CC4)C2)C1. The van der Waals surface area contributed by atoms with E-state index in [0.29, 0.717) is 37.4 Å². The van der Waals surface area contributed by atoms with Crippen molar-refractivity contribution in [3.05, 3.63) is 23.3 Å². The quantitative estimate of drug-likeness (QED) is 0.513. The summed E-state index contributed by atoms with van der Waals surface area (Å²) in [6.45, 7) is 0.808. The van der Waals surface area contributed by atoms with Gasteiger partial charge in [0.15, 0.2) is 0 Å². The van der Waals surface area contributed by atoms with E-state index in [2.05, 4.69) is 12.2 Å². The van der Waals surface area contributed by atoms with Gasteiger partial charge in [-0.2, -0.15) is 0 Å². The van der Waals surface area contributed by atoms with Crippen LogP contribution in [0.5, 0.6) is 11.5 Å². The molecule has 10 heteroatoms. The summed E-state index contributed by atoms with van der Waals surface area (Å²) in [6, 6.07) is 3.46. The second-order valence-electron chi connectivity index (χ2n) is 8.44. The molecule has 1 amide bonds. The highest BCUT2D eigenvalue weighted by atomic mass is 16.6. The molecule has 3 aliphatic rings. The van der Waals surface area contributed by atoms with E-state index < -0.39 is 12.7 Å². The third kappa shape index (κ3) is 4.19. The average Bonchev–Trinajstić information content (AvgIpc) is 3.00. The first-order valence-electron chi connectivity index (χ1n) is 10.1. The second kappa shape index (κ2) is 7.51. The van der Waals surface area contributed by atoms with Crippen molar-refractivity contribution < 1.29 is 34.1 Å². The highest BCUT2D eigenvalue weighted by Crippen LogP contribution is 2.39. The fraction of sp³-hybridized carbons (Fsp3) is 0.579. The number of likely N-dealkylation sites (tertiary alicyclic amines) is 1. The third-order valence-electron chi connectivity index (χ3n) is 5.87. The molecule has 3 aliphatic heterocycles. The molecule has 3 heterocycles. The summed E-state index contributed by atoms with van der Waals surface area (Å²) in [5, 5.41) is 32.6. The number of ether oxygens (including phenoxy) is 1. The van der Waals surface area contributed by atoms with Crippen molar-refractivity contribution in [1.82, 2.24) is 10.2 Å². The van der Waals surface area contributed by atoms with Gasteiger partial charge in [-0.15, -0.1) is 0 Å². The number of carboxylic acid groups (broad SMARTS) is 1. The van der Waals surface area contributed by atoms with E-state index in [1.54, 1.807) is 17.0 Å². The number of aromatic carboxylic acids is 1. The molecule has 0 radical (unpaired) electrons. The summed E-state index contributed by atoms with van der Waals surface area (Å²) in [5.41, 5.74) is 0.379. The van der Waals surface area contributed by atoms with Crippen molar-refractivity contribution in [2.45, 2.75) is 44.7 Å². The van der Waals surface area contributed by atoms with Crippen LogP contribution >= 0.6 is 0 Å². The van der Waals surface area contributed by atoms with Crippen LogP contribution in [0.4, 0.5) is 0 Å². The zero-order chi connectivity index (χ0) is 20.8. The Hall–Kier alpha value is -2.30. The maximum atomic E-state index is 12.4. The topological polar surface area (TPSA) is 129 Å². The van der Waals surface area contributed by atoms with Crippen molar-refractivity contribution in [3.8, 4) is 11.5 Å². The predicted octanol–water partition coefficient (Wildman–Crippen LogP) is 0.221. The van der Waals surface area contributed by atoms with Crippen molar-refractivity contribution in [3.63, 3.8) is 0 Å². The predicted molar refractivity (Wildman–Crippen MR) is 104 cm³/mol. The van der Waals surface area contributed by atoms with E-state index >= 15 is 0 Å². The van der Waals surface area contributed by atoms with E-state index in [4.69, 9.17) is 9.39 Å². The molecule has 9 nitrogen and oxygen atoms in total. The van der Waals surface area contributed by atoms with Crippen LogP contribution in [0.15, 0.2) is 12.1 Å². The van der Waals surface area contributed by atoms with Crippen molar-refractivity contribution in [1.29, 1.82) is 0 Å². The van der Waals surface area contributed by atoms with E-state index in [1.165, 1.54) is 0 Å². The molecule has 29 heavy (non-hydrogen) atoms. The first-order valence-corrected chi connectivity index (χ1v) is 10.1. The molecule has 0 unspecified atom stereocenters. The van der Waals surface area contributed by atoms with Crippen LogP contribution < -0.4 is 14.7 Å². The van der Waals surface area contributed by atoms with E-state index in [1.807, 2.05) is 0 Å². The second-order valence-corrected chi connectivity index (χ2v) is 8.44. The zero-order valence-electron chi connectivity index (χ0n) is 16.3. The largest absolute Gasteiger partial charge is 0.669 e. The lowest BCUT2D eigenvalue weighted by Crippen LogP contribution is -2.57. The number of carbonyl (C=O) groups excluding carboxylic acids is 1. The molecule has 0 aromatic heterocycles. The summed E-state index contributed by atoms with van der Waals surface area (Å²) in [5.74, 6) is -0.567.